The zero-order valence-electron chi connectivity index (χ0n) is 13.6. The molecule has 0 aromatic heterocycles. The maximum Gasteiger partial charge on any atom is 0.115 e. The first-order valence-electron chi connectivity index (χ1n) is 7.73. The Hall–Kier alpha value is -1.76. The van der Waals surface area contributed by atoms with Crippen molar-refractivity contribution in [2.24, 2.45) is 11.3 Å². The van der Waals surface area contributed by atoms with Crippen molar-refractivity contribution in [2.75, 3.05) is 0 Å². The molecular formula is C20H26O. The van der Waals surface area contributed by atoms with Gasteiger partial charge in [0, 0.05) is 0 Å². The van der Waals surface area contributed by atoms with E-state index in [0.717, 1.165) is 12.8 Å². The molecule has 2 rings (SSSR count). The lowest BCUT2D eigenvalue weighted by molar-refractivity contribution is 0.329. The highest BCUT2D eigenvalue weighted by atomic mass is 16.3. The molecule has 0 aliphatic heterocycles. The highest BCUT2D eigenvalue weighted by molar-refractivity contribution is 5.40. The van der Waals surface area contributed by atoms with Crippen molar-refractivity contribution in [1.29, 1.82) is 0 Å². The first kappa shape index (κ1) is 15.6. The molecule has 2 aliphatic carbocycles. The van der Waals surface area contributed by atoms with Gasteiger partial charge >= 0.3 is 0 Å². The molecule has 0 aromatic rings. The molecule has 2 aliphatic rings. The Kier molecular flexibility index (Phi) is 4.72. The quantitative estimate of drug-likeness (QED) is 0.692. The third kappa shape index (κ3) is 3.47. The minimum atomic E-state index is 0.0534. The summed E-state index contributed by atoms with van der Waals surface area (Å²) in [4.78, 5) is 0. The number of aliphatic hydroxyl groups excluding tert-OH is 1. The minimum Gasteiger partial charge on any atom is -0.508 e. The minimum absolute atomic E-state index is 0.0534. The first-order chi connectivity index (χ1) is 9.93. The van der Waals surface area contributed by atoms with Crippen LogP contribution < -0.4 is 0 Å². The van der Waals surface area contributed by atoms with Gasteiger partial charge in [-0.25, -0.2) is 0 Å². The molecule has 0 spiro atoms. The lowest BCUT2D eigenvalue weighted by atomic mass is 9.69. The Morgan fingerprint density at radius 3 is 2.67 bits per heavy atom. The maximum absolute atomic E-state index is 9.73. The third-order valence-corrected chi connectivity index (χ3v) is 5.00. The molecule has 1 heteroatoms. The standard InChI is InChI=1S/C20H26O/c1-15(17-10-7-5-6-8-11-17)20(3,4)16(2)18-12-9-13-19(21)14-18/h5-7,9-11,13-15,21H,8,12H2,1-4H3. The topological polar surface area (TPSA) is 20.2 Å². The predicted molar refractivity (Wildman–Crippen MR) is 91.1 cm³/mol. The van der Waals surface area contributed by atoms with E-state index in [-0.39, 0.29) is 5.41 Å². The molecule has 0 amide bonds. The second-order valence-corrected chi connectivity index (χ2v) is 6.50. The summed E-state index contributed by atoms with van der Waals surface area (Å²) in [7, 11) is 0. The van der Waals surface area contributed by atoms with Gasteiger partial charge in [0.1, 0.15) is 5.76 Å². The summed E-state index contributed by atoms with van der Waals surface area (Å²) in [6.45, 7) is 9.11. The van der Waals surface area contributed by atoms with Gasteiger partial charge in [0.15, 0.2) is 0 Å². The largest absolute Gasteiger partial charge is 0.508 e. The van der Waals surface area contributed by atoms with Gasteiger partial charge in [-0.3, -0.25) is 0 Å². The fourth-order valence-corrected chi connectivity index (χ4v) is 2.93. The Morgan fingerprint density at radius 2 is 1.95 bits per heavy atom. The monoisotopic (exact) mass is 282 g/mol. The third-order valence-electron chi connectivity index (χ3n) is 5.00. The Balaban J connectivity index is 2.30. The molecule has 0 radical (unpaired) electrons. The molecule has 112 valence electrons. The summed E-state index contributed by atoms with van der Waals surface area (Å²) in [5.74, 6) is 0.791. The fourth-order valence-electron chi connectivity index (χ4n) is 2.93. The number of hydrogen-bond donors (Lipinski definition) is 1. The zero-order valence-corrected chi connectivity index (χ0v) is 13.6. The van der Waals surface area contributed by atoms with Crippen LogP contribution in [0.5, 0.6) is 0 Å². The van der Waals surface area contributed by atoms with Crippen LogP contribution in [-0.4, -0.2) is 5.11 Å². The summed E-state index contributed by atoms with van der Waals surface area (Å²) < 4.78 is 0. The molecule has 1 atom stereocenters. The molecule has 1 N–H and O–H groups in total. The van der Waals surface area contributed by atoms with Gasteiger partial charge in [0.2, 0.25) is 0 Å². The van der Waals surface area contributed by atoms with Crippen molar-refractivity contribution in [2.45, 2.75) is 40.5 Å². The van der Waals surface area contributed by atoms with Gasteiger partial charge in [0.25, 0.3) is 0 Å². The molecular weight excluding hydrogens is 256 g/mol. The molecule has 1 nitrogen and oxygen atoms in total. The SMILES string of the molecule is CC(=C1C=C(O)C=CC1)C(C)(C)C(C)C1=CCC=CC=C1. The smallest absolute Gasteiger partial charge is 0.115 e. The summed E-state index contributed by atoms with van der Waals surface area (Å²) in [5.41, 5.74) is 4.04. The first-order valence-corrected chi connectivity index (χ1v) is 7.73. The highest BCUT2D eigenvalue weighted by Crippen LogP contribution is 2.42. The van der Waals surface area contributed by atoms with E-state index in [9.17, 15) is 5.11 Å². The molecule has 0 heterocycles. The number of rotatable bonds is 3. The van der Waals surface area contributed by atoms with Gasteiger partial charge in [-0.1, -0.05) is 62.8 Å². The number of allylic oxidation sites excluding steroid dienone is 11. The Morgan fingerprint density at radius 1 is 1.19 bits per heavy atom. The molecule has 1 unspecified atom stereocenters. The van der Waals surface area contributed by atoms with Crippen molar-refractivity contribution >= 4 is 0 Å². The fraction of sp³-hybridized carbons (Fsp3) is 0.400. The van der Waals surface area contributed by atoms with Crippen molar-refractivity contribution in [3.05, 3.63) is 71.1 Å². The maximum atomic E-state index is 9.73. The molecule has 0 aromatic carbocycles. The van der Waals surface area contributed by atoms with Crippen molar-refractivity contribution in [3.8, 4) is 0 Å². The van der Waals surface area contributed by atoms with E-state index in [1.165, 1.54) is 16.7 Å². The van der Waals surface area contributed by atoms with Crippen molar-refractivity contribution < 1.29 is 5.11 Å². The summed E-state index contributed by atoms with van der Waals surface area (Å²) in [6.07, 6.45) is 18.6. The molecule has 0 saturated carbocycles. The number of aliphatic hydroxyl groups is 1. The normalized spacial score (nSPS) is 22.5. The van der Waals surface area contributed by atoms with Gasteiger partial charge in [-0.05, 0) is 54.4 Å². The van der Waals surface area contributed by atoms with E-state index >= 15 is 0 Å². The lowest BCUT2D eigenvalue weighted by Crippen LogP contribution is -2.25. The summed E-state index contributed by atoms with van der Waals surface area (Å²) >= 11 is 0. The van der Waals surface area contributed by atoms with Crippen LogP contribution in [0.2, 0.25) is 0 Å². The molecule has 0 bridgehead atoms. The van der Waals surface area contributed by atoms with Crippen LogP contribution in [0.15, 0.2) is 71.1 Å². The summed E-state index contributed by atoms with van der Waals surface area (Å²) in [6, 6.07) is 0. The van der Waals surface area contributed by atoms with E-state index in [0.29, 0.717) is 11.7 Å². The van der Waals surface area contributed by atoms with Crippen LogP contribution in [0.4, 0.5) is 0 Å². The van der Waals surface area contributed by atoms with Crippen LogP contribution in [0.25, 0.3) is 0 Å². The van der Waals surface area contributed by atoms with Gasteiger partial charge in [-0.2, -0.15) is 0 Å². The van der Waals surface area contributed by atoms with Gasteiger partial charge < -0.3 is 5.11 Å². The molecule has 21 heavy (non-hydrogen) atoms. The van der Waals surface area contributed by atoms with Crippen LogP contribution in [-0.2, 0) is 0 Å². The average Bonchev–Trinajstić information content (AvgIpc) is 2.74. The number of hydrogen-bond acceptors (Lipinski definition) is 1. The van der Waals surface area contributed by atoms with E-state index in [4.69, 9.17) is 0 Å². The molecule has 0 saturated heterocycles. The van der Waals surface area contributed by atoms with E-state index in [1.54, 1.807) is 6.08 Å². The highest BCUT2D eigenvalue weighted by Gasteiger charge is 2.31. The van der Waals surface area contributed by atoms with Crippen LogP contribution in [0, 0.1) is 11.3 Å². The Bertz CT molecular complexity index is 577. The van der Waals surface area contributed by atoms with Crippen molar-refractivity contribution in [1.82, 2.24) is 0 Å². The van der Waals surface area contributed by atoms with E-state index in [2.05, 4.69) is 58.1 Å². The van der Waals surface area contributed by atoms with Crippen LogP contribution in [0.1, 0.15) is 40.5 Å². The predicted octanol–water partition coefficient (Wildman–Crippen LogP) is 5.81. The van der Waals surface area contributed by atoms with Gasteiger partial charge in [0.05, 0.1) is 0 Å². The van der Waals surface area contributed by atoms with E-state index < -0.39 is 0 Å². The average molecular weight is 282 g/mol. The second-order valence-electron chi connectivity index (χ2n) is 6.50. The second kappa shape index (κ2) is 6.34. The zero-order chi connectivity index (χ0) is 15.5. The summed E-state index contributed by atoms with van der Waals surface area (Å²) in [5, 5.41) is 9.73. The lowest BCUT2D eigenvalue weighted by Gasteiger charge is -2.36. The van der Waals surface area contributed by atoms with E-state index in [1.807, 2.05) is 12.2 Å². The van der Waals surface area contributed by atoms with Gasteiger partial charge in [-0.15, -0.1) is 0 Å². The Labute approximate surface area is 128 Å². The van der Waals surface area contributed by atoms with Crippen molar-refractivity contribution in [3.63, 3.8) is 0 Å². The van der Waals surface area contributed by atoms with Crippen LogP contribution >= 0.6 is 0 Å². The molecule has 0 fully saturated rings. The van der Waals surface area contributed by atoms with Crippen LogP contribution in [0.3, 0.4) is 0 Å².